The van der Waals surface area contributed by atoms with E-state index in [4.69, 9.17) is 0 Å². The minimum absolute atomic E-state index is 0.107. The lowest BCUT2D eigenvalue weighted by Crippen LogP contribution is -2.13. The van der Waals surface area contributed by atoms with Crippen LogP contribution in [0.2, 0.25) is 0 Å². The van der Waals surface area contributed by atoms with Crippen LogP contribution in [0.3, 0.4) is 0 Å². The van der Waals surface area contributed by atoms with Crippen molar-refractivity contribution in [1.29, 1.82) is 0 Å². The highest BCUT2D eigenvalue weighted by Crippen LogP contribution is 2.23. The van der Waals surface area contributed by atoms with E-state index in [0.717, 1.165) is 10.7 Å². The minimum atomic E-state index is -0.307. The SMILES string of the molecule is Cc1cc(=O)c2cc(C(=O)Nc3nnc(C(C)C)s3)ccc2[nH]1. The van der Waals surface area contributed by atoms with Gasteiger partial charge in [0.15, 0.2) is 5.43 Å². The second-order valence-corrected chi connectivity index (χ2v) is 6.64. The van der Waals surface area contributed by atoms with E-state index in [0.29, 0.717) is 21.6 Å². The summed E-state index contributed by atoms with van der Waals surface area (Å²) in [5.41, 5.74) is 1.80. The predicted octanol–water partition coefficient (Wildman–Crippen LogP) is 3.06. The summed E-state index contributed by atoms with van der Waals surface area (Å²) in [6.45, 7) is 5.86. The number of fused-ring (bicyclic) bond motifs is 1. The molecule has 118 valence electrons. The van der Waals surface area contributed by atoms with Crippen molar-refractivity contribution in [3.8, 4) is 0 Å². The van der Waals surface area contributed by atoms with Crippen molar-refractivity contribution in [2.75, 3.05) is 5.32 Å². The van der Waals surface area contributed by atoms with Crippen LogP contribution in [-0.2, 0) is 0 Å². The summed E-state index contributed by atoms with van der Waals surface area (Å²) in [6, 6.07) is 6.52. The molecule has 1 aromatic carbocycles. The Morgan fingerprint density at radius 1 is 1.26 bits per heavy atom. The van der Waals surface area contributed by atoms with Crippen molar-refractivity contribution in [2.45, 2.75) is 26.7 Å². The average molecular weight is 328 g/mol. The first-order chi connectivity index (χ1) is 10.9. The fraction of sp³-hybridized carbons (Fsp3) is 0.250. The van der Waals surface area contributed by atoms with Crippen LogP contribution in [0.4, 0.5) is 5.13 Å². The minimum Gasteiger partial charge on any atom is -0.358 e. The Hall–Kier alpha value is -2.54. The molecule has 0 unspecified atom stereocenters. The van der Waals surface area contributed by atoms with Gasteiger partial charge in [-0.3, -0.25) is 14.9 Å². The number of rotatable bonds is 3. The lowest BCUT2D eigenvalue weighted by Gasteiger charge is -2.04. The summed E-state index contributed by atoms with van der Waals surface area (Å²) >= 11 is 1.35. The Morgan fingerprint density at radius 3 is 2.74 bits per heavy atom. The Kier molecular flexibility index (Phi) is 3.96. The molecule has 0 aliphatic rings. The Bertz CT molecular complexity index is 943. The number of nitrogens with one attached hydrogen (secondary N) is 2. The molecule has 6 nitrogen and oxygen atoms in total. The number of H-pyrrole nitrogens is 1. The number of pyridine rings is 1. The molecule has 2 N–H and O–H groups in total. The molecule has 0 atom stereocenters. The highest BCUT2D eigenvalue weighted by molar-refractivity contribution is 7.15. The number of amides is 1. The second-order valence-electron chi connectivity index (χ2n) is 5.63. The lowest BCUT2D eigenvalue weighted by molar-refractivity contribution is 0.102. The molecule has 23 heavy (non-hydrogen) atoms. The van der Waals surface area contributed by atoms with Crippen LogP contribution in [0.25, 0.3) is 10.9 Å². The molecule has 3 rings (SSSR count). The molecule has 0 radical (unpaired) electrons. The van der Waals surface area contributed by atoms with Gasteiger partial charge >= 0.3 is 0 Å². The molecule has 0 aliphatic carbocycles. The zero-order valence-corrected chi connectivity index (χ0v) is 13.8. The third kappa shape index (κ3) is 3.14. The van der Waals surface area contributed by atoms with E-state index in [1.165, 1.54) is 17.4 Å². The molecular formula is C16H16N4O2S. The lowest BCUT2D eigenvalue weighted by atomic mass is 10.1. The second kappa shape index (κ2) is 5.92. The molecule has 0 aliphatic heterocycles. The molecule has 0 saturated heterocycles. The van der Waals surface area contributed by atoms with Crippen LogP contribution >= 0.6 is 11.3 Å². The molecule has 2 aromatic heterocycles. The first kappa shape index (κ1) is 15.4. The van der Waals surface area contributed by atoms with Gasteiger partial charge in [-0.2, -0.15) is 0 Å². The van der Waals surface area contributed by atoms with Crippen LogP contribution < -0.4 is 10.7 Å². The number of benzene rings is 1. The molecule has 0 saturated carbocycles. The van der Waals surface area contributed by atoms with E-state index in [-0.39, 0.29) is 17.3 Å². The van der Waals surface area contributed by atoms with Crippen LogP contribution in [-0.4, -0.2) is 21.1 Å². The van der Waals surface area contributed by atoms with Crippen molar-refractivity contribution in [2.24, 2.45) is 0 Å². The van der Waals surface area contributed by atoms with Crippen molar-refractivity contribution in [3.05, 3.63) is 50.8 Å². The molecule has 0 fully saturated rings. The Balaban J connectivity index is 1.90. The van der Waals surface area contributed by atoms with Crippen molar-refractivity contribution in [3.63, 3.8) is 0 Å². The van der Waals surface area contributed by atoms with Gasteiger partial charge < -0.3 is 4.98 Å². The number of aromatic nitrogens is 3. The fourth-order valence-electron chi connectivity index (χ4n) is 2.21. The highest BCUT2D eigenvalue weighted by Gasteiger charge is 2.13. The summed E-state index contributed by atoms with van der Waals surface area (Å²) < 4.78 is 0. The van der Waals surface area contributed by atoms with Gasteiger partial charge in [-0.05, 0) is 25.1 Å². The van der Waals surface area contributed by atoms with Gasteiger partial charge in [0.2, 0.25) is 5.13 Å². The van der Waals surface area contributed by atoms with E-state index < -0.39 is 0 Å². The van der Waals surface area contributed by atoms with Gasteiger partial charge in [-0.25, -0.2) is 0 Å². The molecule has 7 heteroatoms. The van der Waals surface area contributed by atoms with Gasteiger partial charge in [0.1, 0.15) is 5.01 Å². The zero-order chi connectivity index (χ0) is 16.6. The predicted molar refractivity (Wildman–Crippen MR) is 91.3 cm³/mol. The van der Waals surface area contributed by atoms with Crippen LogP contribution in [0.5, 0.6) is 0 Å². The van der Waals surface area contributed by atoms with E-state index in [2.05, 4.69) is 20.5 Å². The largest absolute Gasteiger partial charge is 0.358 e. The van der Waals surface area contributed by atoms with Crippen LogP contribution in [0.1, 0.15) is 40.8 Å². The van der Waals surface area contributed by atoms with Gasteiger partial charge in [0.25, 0.3) is 5.91 Å². The fourth-order valence-corrected chi connectivity index (χ4v) is 2.95. The molecule has 1 amide bonds. The monoisotopic (exact) mass is 328 g/mol. The Labute approximate surface area is 136 Å². The summed E-state index contributed by atoms with van der Waals surface area (Å²) in [7, 11) is 0. The third-order valence-corrected chi connectivity index (χ3v) is 4.52. The molecule has 0 spiro atoms. The maximum absolute atomic E-state index is 12.3. The topological polar surface area (TPSA) is 87.7 Å². The maximum Gasteiger partial charge on any atom is 0.257 e. The zero-order valence-electron chi connectivity index (χ0n) is 13.0. The first-order valence-electron chi connectivity index (χ1n) is 7.22. The third-order valence-electron chi connectivity index (χ3n) is 3.38. The number of carbonyl (C=O) groups is 1. The number of nitrogens with zero attached hydrogens (tertiary/aromatic N) is 2. The average Bonchev–Trinajstić information content (AvgIpc) is 2.95. The number of aryl methyl sites for hydroxylation is 1. The van der Waals surface area contributed by atoms with E-state index in [1.54, 1.807) is 18.2 Å². The number of aromatic amines is 1. The summed E-state index contributed by atoms with van der Waals surface area (Å²) in [5.74, 6) is -0.0426. The maximum atomic E-state index is 12.3. The Morgan fingerprint density at radius 2 is 2.04 bits per heavy atom. The van der Waals surface area contributed by atoms with Gasteiger partial charge in [-0.1, -0.05) is 25.2 Å². The number of hydrogen-bond acceptors (Lipinski definition) is 5. The molecule has 0 bridgehead atoms. The summed E-state index contributed by atoms with van der Waals surface area (Å²) in [5, 5.41) is 12.5. The number of carbonyl (C=O) groups excluding carboxylic acids is 1. The molecule has 2 heterocycles. The molecular weight excluding hydrogens is 312 g/mol. The van der Waals surface area contributed by atoms with Crippen molar-refractivity contribution < 1.29 is 4.79 Å². The van der Waals surface area contributed by atoms with Gasteiger partial charge in [-0.15, -0.1) is 10.2 Å². The highest BCUT2D eigenvalue weighted by atomic mass is 32.1. The molecule has 3 aromatic rings. The normalized spacial score (nSPS) is 11.1. The van der Waals surface area contributed by atoms with E-state index in [9.17, 15) is 9.59 Å². The summed E-state index contributed by atoms with van der Waals surface area (Å²) in [4.78, 5) is 27.5. The van der Waals surface area contributed by atoms with Crippen LogP contribution in [0, 0.1) is 6.92 Å². The number of anilines is 1. The van der Waals surface area contributed by atoms with Gasteiger partial charge in [0, 0.05) is 34.1 Å². The van der Waals surface area contributed by atoms with Crippen LogP contribution in [0.15, 0.2) is 29.1 Å². The van der Waals surface area contributed by atoms with Crippen molar-refractivity contribution >= 4 is 33.3 Å². The van der Waals surface area contributed by atoms with Gasteiger partial charge in [0.05, 0.1) is 0 Å². The quantitative estimate of drug-likeness (QED) is 0.773. The van der Waals surface area contributed by atoms with E-state index in [1.807, 2.05) is 20.8 Å². The first-order valence-corrected chi connectivity index (χ1v) is 8.04. The van der Waals surface area contributed by atoms with Crippen molar-refractivity contribution in [1.82, 2.24) is 15.2 Å². The van der Waals surface area contributed by atoms with E-state index >= 15 is 0 Å². The number of hydrogen-bond donors (Lipinski definition) is 2. The summed E-state index contributed by atoms with van der Waals surface area (Å²) in [6.07, 6.45) is 0. The standard InChI is InChI=1S/C16H16N4O2S/c1-8(2)15-19-20-16(23-15)18-14(22)10-4-5-12-11(7-10)13(21)6-9(3)17-12/h4-8H,1-3H3,(H,17,21)(H,18,20,22). The smallest absolute Gasteiger partial charge is 0.257 e.